The second-order valence-corrected chi connectivity index (χ2v) is 4.91. The Labute approximate surface area is 132 Å². The third kappa shape index (κ3) is 3.06. The minimum atomic E-state index is -0.337. The van der Waals surface area contributed by atoms with Gasteiger partial charge in [0.15, 0.2) is 11.5 Å². The molecule has 4 nitrogen and oxygen atoms in total. The number of nitriles is 1. The molecule has 2 aromatic carbocycles. The quantitative estimate of drug-likeness (QED) is 0.735. The molecule has 5 heteroatoms. The number of fused-ring (bicyclic) bond motifs is 1. The molecule has 0 aliphatic carbocycles. The third-order valence-electron chi connectivity index (χ3n) is 3.42. The Balaban J connectivity index is 1.91. The van der Waals surface area contributed by atoms with Crippen molar-refractivity contribution in [3.63, 3.8) is 0 Å². The van der Waals surface area contributed by atoms with Crippen LogP contribution in [0, 0.1) is 17.1 Å². The average molecular weight is 308 g/mol. The van der Waals surface area contributed by atoms with Crippen molar-refractivity contribution in [2.24, 2.45) is 0 Å². The van der Waals surface area contributed by atoms with Gasteiger partial charge in [0, 0.05) is 23.2 Å². The van der Waals surface area contributed by atoms with Gasteiger partial charge in [-0.05, 0) is 30.3 Å². The van der Waals surface area contributed by atoms with Gasteiger partial charge in [-0.25, -0.2) is 4.39 Å². The van der Waals surface area contributed by atoms with Gasteiger partial charge in [0.1, 0.15) is 12.4 Å². The van der Waals surface area contributed by atoms with Crippen LogP contribution in [0.15, 0.2) is 48.7 Å². The van der Waals surface area contributed by atoms with Gasteiger partial charge in [0.2, 0.25) is 0 Å². The number of pyridine rings is 1. The Morgan fingerprint density at radius 3 is 2.83 bits per heavy atom. The molecule has 0 atom stereocenters. The van der Waals surface area contributed by atoms with Gasteiger partial charge in [-0.1, -0.05) is 6.07 Å². The average Bonchev–Trinajstić information content (AvgIpc) is 2.59. The number of methoxy groups -OCH3 is 1. The van der Waals surface area contributed by atoms with Crippen molar-refractivity contribution >= 4 is 10.9 Å². The Bertz CT molecular complexity index is 903. The van der Waals surface area contributed by atoms with Crippen LogP contribution in [0.5, 0.6) is 11.5 Å². The summed E-state index contributed by atoms with van der Waals surface area (Å²) in [5, 5.41) is 9.63. The summed E-state index contributed by atoms with van der Waals surface area (Å²) in [6, 6.07) is 13.3. The normalized spacial score (nSPS) is 10.3. The SMILES string of the molecule is COc1cc(C#N)ccc1OCc1cc(F)cc2cccnc12. The molecule has 23 heavy (non-hydrogen) atoms. The van der Waals surface area contributed by atoms with E-state index in [4.69, 9.17) is 14.7 Å². The molecule has 1 heterocycles. The lowest BCUT2D eigenvalue weighted by Crippen LogP contribution is -2.00. The zero-order valence-electron chi connectivity index (χ0n) is 12.4. The van der Waals surface area contributed by atoms with Crippen LogP contribution in [-0.4, -0.2) is 12.1 Å². The largest absolute Gasteiger partial charge is 0.493 e. The maximum Gasteiger partial charge on any atom is 0.162 e. The summed E-state index contributed by atoms with van der Waals surface area (Å²) < 4.78 is 24.7. The minimum Gasteiger partial charge on any atom is -0.493 e. The second kappa shape index (κ2) is 6.32. The minimum absolute atomic E-state index is 0.146. The molecule has 0 amide bonds. The van der Waals surface area contributed by atoms with Crippen molar-refractivity contribution in [3.8, 4) is 17.6 Å². The van der Waals surface area contributed by atoms with Gasteiger partial charge in [-0.2, -0.15) is 5.26 Å². The van der Waals surface area contributed by atoms with Crippen LogP contribution in [0.3, 0.4) is 0 Å². The van der Waals surface area contributed by atoms with E-state index in [1.54, 1.807) is 36.5 Å². The van der Waals surface area contributed by atoms with E-state index < -0.39 is 0 Å². The molecule has 3 rings (SSSR count). The van der Waals surface area contributed by atoms with Crippen molar-refractivity contribution in [1.29, 1.82) is 5.26 Å². The molecule has 0 aliphatic rings. The van der Waals surface area contributed by atoms with Crippen LogP contribution in [0.1, 0.15) is 11.1 Å². The molecule has 0 saturated carbocycles. The van der Waals surface area contributed by atoms with E-state index in [2.05, 4.69) is 4.98 Å². The van der Waals surface area contributed by atoms with E-state index in [1.165, 1.54) is 19.2 Å². The smallest absolute Gasteiger partial charge is 0.162 e. The molecule has 0 unspecified atom stereocenters. The number of hydrogen-bond acceptors (Lipinski definition) is 4. The molecular formula is C18H13FN2O2. The lowest BCUT2D eigenvalue weighted by molar-refractivity contribution is 0.285. The van der Waals surface area contributed by atoms with Gasteiger partial charge in [-0.3, -0.25) is 4.98 Å². The van der Waals surface area contributed by atoms with Crippen molar-refractivity contribution in [1.82, 2.24) is 4.98 Å². The van der Waals surface area contributed by atoms with Gasteiger partial charge < -0.3 is 9.47 Å². The van der Waals surface area contributed by atoms with Crippen LogP contribution in [-0.2, 0) is 6.61 Å². The second-order valence-electron chi connectivity index (χ2n) is 4.91. The van der Waals surface area contributed by atoms with Crippen molar-refractivity contribution in [3.05, 3.63) is 65.6 Å². The molecule has 0 N–H and O–H groups in total. The van der Waals surface area contributed by atoms with Crippen LogP contribution in [0.25, 0.3) is 10.9 Å². The molecule has 0 bridgehead atoms. The summed E-state index contributed by atoms with van der Waals surface area (Å²) in [4.78, 5) is 4.28. The van der Waals surface area contributed by atoms with E-state index in [9.17, 15) is 4.39 Å². The van der Waals surface area contributed by atoms with Crippen LogP contribution in [0.4, 0.5) is 4.39 Å². The summed E-state index contributed by atoms with van der Waals surface area (Å²) in [5.74, 6) is 0.605. The predicted octanol–water partition coefficient (Wildman–Crippen LogP) is 3.83. The highest BCUT2D eigenvalue weighted by Crippen LogP contribution is 2.29. The Hall–Kier alpha value is -3.13. The first-order valence-electron chi connectivity index (χ1n) is 6.95. The molecule has 3 aromatic rings. The number of hydrogen-bond donors (Lipinski definition) is 0. The maximum absolute atomic E-state index is 13.7. The van der Waals surface area contributed by atoms with Gasteiger partial charge in [-0.15, -0.1) is 0 Å². The van der Waals surface area contributed by atoms with E-state index in [-0.39, 0.29) is 12.4 Å². The van der Waals surface area contributed by atoms with E-state index in [1.807, 2.05) is 6.07 Å². The number of nitrogens with zero attached hydrogens (tertiary/aromatic N) is 2. The standard InChI is InChI=1S/C18H13FN2O2/c1-22-17-7-12(10-20)4-5-16(17)23-11-14-9-15(19)8-13-3-2-6-21-18(13)14/h2-9H,11H2,1H3. The zero-order chi connectivity index (χ0) is 16.2. The summed E-state index contributed by atoms with van der Waals surface area (Å²) >= 11 is 0. The highest BCUT2D eigenvalue weighted by atomic mass is 19.1. The maximum atomic E-state index is 13.7. The highest BCUT2D eigenvalue weighted by Gasteiger charge is 2.09. The van der Waals surface area contributed by atoms with E-state index in [0.29, 0.717) is 28.1 Å². The molecule has 0 aliphatic heterocycles. The molecule has 0 saturated heterocycles. The van der Waals surface area contributed by atoms with E-state index >= 15 is 0 Å². The first-order valence-corrected chi connectivity index (χ1v) is 6.95. The fourth-order valence-electron chi connectivity index (χ4n) is 2.35. The number of ether oxygens (including phenoxy) is 2. The van der Waals surface area contributed by atoms with Crippen molar-refractivity contribution in [2.45, 2.75) is 6.61 Å². The lowest BCUT2D eigenvalue weighted by atomic mass is 10.1. The Morgan fingerprint density at radius 2 is 2.04 bits per heavy atom. The number of benzene rings is 2. The fraction of sp³-hybridized carbons (Fsp3) is 0.111. The van der Waals surface area contributed by atoms with Gasteiger partial charge in [0.05, 0.1) is 24.3 Å². The molecule has 0 spiro atoms. The zero-order valence-corrected chi connectivity index (χ0v) is 12.4. The fourth-order valence-corrected chi connectivity index (χ4v) is 2.35. The molecule has 0 radical (unpaired) electrons. The van der Waals surface area contributed by atoms with Gasteiger partial charge >= 0.3 is 0 Å². The first kappa shape index (κ1) is 14.8. The number of halogens is 1. The van der Waals surface area contributed by atoms with Crippen molar-refractivity contribution < 1.29 is 13.9 Å². The van der Waals surface area contributed by atoms with Crippen LogP contribution >= 0.6 is 0 Å². The van der Waals surface area contributed by atoms with E-state index in [0.717, 1.165) is 5.39 Å². The summed E-state index contributed by atoms with van der Waals surface area (Å²) in [6.45, 7) is 0.146. The van der Waals surface area contributed by atoms with Crippen LogP contribution < -0.4 is 9.47 Å². The first-order chi connectivity index (χ1) is 11.2. The Kier molecular flexibility index (Phi) is 4.07. The third-order valence-corrected chi connectivity index (χ3v) is 3.42. The monoisotopic (exact) mass is 308 g/mol. The summed E-state index contributed by atoms with van der Waals surface area (Å²) in [7, 11) is 1.50. The topological polar surface area (TPSA) is 55.1 Å². The lowest BCUT2D eigenvalue weighted by Gasteiger charge is -2.12. The van der Waals surface area contributed by atoms with Gasteiger partial charge in [0.25, 0.3) is 0 Å². The summed E-state index contributed by atoms with van der Waals surface area (Å²) in [5.41, 5.74) is 1.82. The van der Waals surface area contributed by atoms with Crippen molar-refractivity contribution in [2.75, 3.05) is 7.11 Å². The Morgan fingerprint density at radius 1 is 1.17 bits per heavy atom. The highest BCUT2D eigenvalue weighted by molar-refractivity contribution is 5.81. The molecule has 114 valence electrons. The predicted molar refractivity (Wildman–Crippen MR) is 83.7 cm³/mol. The molecule has 1 aromatic heterocycles. The molecular weight excluding hydrogens is 295 g/mol. The van der Waals surface area contributed by atoms with Crippen LogP contribution in [0.2, 0.25) is 0 Å². The summed E-state index contributed by atoms with van der Waals surface area (Å²) in [6.07, 6.45) is 1.66. The number of aromatic nitrogens is 1. The molecule has 0 fully saturated rings. The number of rotatable bonds is 4.